The molecule has 45 heavy (non-hydrogen) atoms. The molecule has 15 nitrogen and oxygen atoms in total. The molecule has 0 aliphatic carbocycles. The summed E-state index contributed by atoms with van der Waals surface area (Å²) in [7, 11) is 0. The number of aromatic nitrogens is 2. The van der Waals surface area contributed by atoms with Gasteiger partial charge in [-0.05, 0) is 41.8 Å². The van der Waals surface area contributed by atoms with Gasteiger partial charge >= 0.3 is 11.9 Å². The van der Waals surface area contributed by atoms with E-state index in [-0.39, 0.29) is 23.4 Å². The molecule has 2 aromatic carbocycles. The molecule has 0 spiro atoms. The number of benzene rings is 2. The van der Waals surface area contributed by atoms with Crippen LogP contribution in [0.2, 0.25) is 0 Å². The van der Waals surface area contributed by atoms with Gasteiger partial charge in [-0.1, -0.05) is 13.0 Å². The van der Waals surface area contributed by atoms with Crippen LogP contribution in [0.5, 0.6) is 17.2 Å². The Balaban J connectivity index is 1.42. The number of fused-ring (bicyclic) bond motifs is 1. The van der Waals surface area contributed by atoms with Crippen molar-refractivity contribution in [2.24, 2.45) is 0 Å². The average Bonchev–Trinajstić information content (AvgIpc) is 3.62. The smallest absolute Gasteiger partial charge is 0.355 e. The lowest BCUT2D eigenvalue weighted by Gasteiger charge is -2.44. The van der Waals surface area contributed by atoms with Gasteiger partial charge in [-0.25, -0.2) is 9.78 Å². The number of carbonyl (C=O) groups excluding carboxylic acids is 1. The Kier molecular flexibility index (Phi) is 8.84. The zero-order chi connectivity index (χ0) is 32.6. The second-order valence-electron chi connectivity index (χ2n) is 10.8. The van der Waals surface area contributed by atoms with Gasteiger partial charge in [0, 0.05) is 36.2 Å². The number of hydrogen-bond acceptors (Lipinski definition) is 12. The van der Waals surface area contributed by atoms with Crippen LogP contribution >= 0.6 is 0 Å². The molecule has 6 unspecified atom stereocenters. The topological polar surface area (TPSA) is 246 Å². The second-order valence-corrected chi connectivity index (χ2v) is 10.8. The first-order valence-electron chi connectivity index (χ1n) is 14.0. The zero-order valence-corrected chi connectivity index (χ0v) is 23.9. The fourth-order valence-corrected chi connectivity index (χ4v) is 5.47. The van der Waals surface area contributed by atoms with Crippen molar-refractivity contribution in [3.05, 3.63) is 70.8 Å². The Hall–Kier alpha value is -4.51. The molecule has 2 aliphatic heterocycles. The van der Waals surface area contributed by atoms with Gasteiger partial charge in [-0.3, -0.25) is 9.69 Å². The number of carbonyl (C=O) groups is 2. The number of aromatic hydroxyl groups is 2. The number of phenols is 2. The van der Waals surface area contributed by atoms with E-state index in [1.54, 1.807) is 18.5 Å². The normalized spacial score (nSPS) is 26.3. The molecule has 240 valence electrons. The van der Waals surface area contributed by atoms with Gasteiger partial charge in [-0.15, -0.1) is 0 Å². The Morgan fingerprint density at radius 1 is 1.16 bits per heavy atom. The second kappa shape index (κ2) is 12.5. The Morgan fingerprint density at radius 2 is 1.91 bits per heavy atom. The summed E-state index contributed by atoms with van der Waals surface area (Å²) in [5, 5.41) is 81.6. The van der Waals surface area contributed by atoms with Crippen LogP contribution in [0.4, 0.5) is 5.69 Å². The number of aliphatic carboxylic acids is 1. The molecule has 2 aliphatic rings. The Bertz CT molecular complexity index is 1620. The highest BCUT2D eigenvalue weighted by atomic mass is 16.8. The zero-order valence-electron chi connectivity index (χ0n) is 23.9. The summed E-state index contributed by atoms with van der Waals surface area (Å²) in [6.07, 6.45) is -2.57. The maximum absolute atomic E-state index is 13.5. The molecule has 6 atom stereocenters. The Morgan fingerprint density at radius 3 is 2.60 bits per heavy atom. The first kappa shape index (κ1) is 31.9. The fourth-order valence-electron chi connectivity index (χ4n) is 5.47. The lowest BCUT2D eigenvalue weighted by Crippen LogP contribution is -2.67. The minimum absolute atomic E-state index is 0.00998. The number of carboxylic acid groups (broad SMARTS) is 1. The van der Waals surface area contributed by atoms with Crippen molar-refractivity contribution in [3.8, 4) is 17.2 Å². The molecule has 0 saturated carbocycles. The van der Waals surface area contributed by atoms with Crippen molar-refractivity contribution >= 4 is 23.6 Å². The van der Waals surface area contributed by atoms with Crippen LogP contribution in [0.25, 0.3) is 6.08 Å². The molecular formula is C30H33N3O12. The fraction of sp³-hybridized carbons (Fsp3) is 0.367. The predicted octanol–water partition coefficient (Wildman–Crippen LogP) is -0.472. The van der Waals surface area contributed by atoms with Gasteiger partial charge in [0.25, 0.3) is 5.91 Å². The number of anilines is 1. The maximum Gasteiger partial charge on any atom is 0.355 e. The molecule has 1 saturated heterocycles. The summed E-state index contributed by atoms with van der Waals surface area (Å²) in [4.78, 5) is 33.9. The SMILES string of the molecule is CCc1nc[nH]c1Cc1cc(C=CC(=O)N2c3cc(OC4(O)OC(CO)C(O)C(O)C4O)c(O)cc3CC2C(=O)O)ccc1O. The van der Waals surface area contributed by atoms with Crippen molar-refractivity contribution in [1.82, 2.24) is 9.97 Å². The van der Waals surface area contributed by atoms with Gasteiger partial charge in [-0.2, -0.15) is 0 Å². The molecule has 0 bridgehead atoms. The maximum atomic E-state index is 13.5. The summed E-state index contributed by atoms with van der Waals surface area (Å²) >= 11 is 0. The summed E-state index contributed by atoms with van der Waals surface area (Å²) in [6, 6.07) is 5.55. The van der Waals surface area contributed by atoms with Crippen LogP contribution in [0.15, 0.2) is 42.7 Å². The number of aryl methyl sites for hydroxylation is 1. The van der Waals surface area contributed by atoms with Gasteiger partial charge < -0.3 is 55.3 Å². The number of aliphatic hydroxyl groups excluding tert-OH is 4. The highest BCUT2D eigenvalue weighted by molar-refractivity contribution is 6.09. The largest absolute Gasteiger partial charge is 0.508 e. The molecule has 1 amide bonds. The minimum Gasteiger partial charge on any atom is -0.508 e. The minimum atomic E-state index is -3.05. The number of nitrogens with one attached hydrogen (secondary N) is 1. The molecule has 3 aromatic rings. The van der Waals surface area contributed by atoms with Crippen LogP contribution in [0.1, 0.15) is 35.0 Å². The van der Waals surface area contributed by atoms with E-state index >= 15 is 0 Å². The van der Waals surface area contributed by atoms with E-state index in [2.05, 4.69) is 9.97 Å². The van der Waals surface area contributed by atoms with Crippen molar-refractivity contribution < 1.29 is 59.9 Å². The summed E-state index contributed by atoms with van der Waals surface area (Å²) < 4.78 is 10.4. The molecule has 9 N–H and O–H groups in total. The average molecular weight is 628 g/mol. The van der Waals surface area contributed by atoms with E-state index in [1.165, 1.54) is 12.1 Å². The van der Waals surface area contributed by atoms with Crippen LogP contribution in [-0.4, -0.2) is 106 Å². The highest BCUT2D eigenvalue weighted by Crippen LogP contribution is 2.43. The standard InChI is InChI=1S/C30H33N3O12/c1-2-17-18(32-13-31-17)8-16-7-14(3-5-21(16)35)4-6-25(37)33-19-11-23(22(36)10-15(19)9-20(33)29(41)42)44-30(43)28(40)27(39)26(38)24(12-34)45-30/h3-7,10-11,13,20,24,26-28,34-36,38-40,43H,2,8-9,12H2,1H3,(H,31,32)(H,41,42). The number of amides is 1. The van der Waals surface area contributed by atoms with E-state index in [0.29, 0.717) is 24.0 Å². The first-order chi connectivity index (χ1) is 21.4. The number of H-pyrrole nitrogens is 1. The summed E-state index contributed by atoms with van der Waals surface area (Å²) in [5.74, 6) is -6.27. The molecule has 15 heteroatoms. The lowest BCUT2D eigenvalue weighted by atomic mass is 9.98. The summed E-state index contributed by atoms with van der Waals surface area (Å²) in [5.41, 5.74) is 3.06. The van der Waals surface area contributed by atoms with Gasteiger partial charge in [0.15, 0.2) is 17.6 Å². The third-order valence-corrected chi connectivity index (χ3v) is 7.88. The van der Waals surface area contributed by atoms with Crippen molar-refractivity contribution in [3.63, 3.8) is 0 Å². The number of aliphatic hydroxyl groups is 5. The quantitative estimate of drug-likeness (QED) is 0.108. The van der Waals surface area contributed by atoms with Gasteiger partial charge in [0.05, 0.1) is 24.3 Å². The van der Waals surface area contributed by atoms with Crippen LogP contribution in [0.3, 0.4) is 0 Å². The number of carboxylic acids is 1. The molecule has 1 aromatic heterocycles. The van der Waals surface area contributed by atoms with Crippen LogP contribution in [-0.2, 0) is 33.6 Å². The number of imidazole rings is 1. The molecule has 0 radical (unpaired) electrons. The van der Waals surface area contributed by atoms with E-state index in [9.17, 15) is 50.4 Å². The Labute approximate surface area is 255 Å². The number of nitrogens with zero attached hydrogens (tertiary/aromatic N) is 2. The van der Waals surface area contributed by atoms with E-state index in [1.807, 2.05) is 6.92 Å². The van der Waals surface area contributed by atoms with E-state index in [4.69, 9.17) is 9.47 Å². The predicted molar refractivity (Wildman–Crippen MR) is 154 cm³/mol. The van der Waals surface area contributed by atoms with Gasteiger partial charge in [0.2, 0.25) is 0 Å². The summed E-state index contributed by atoms with van der Waals surface area (Å²) in [6.45, 7) is 1.09. The first-order valence-corrected chi connectivity index (χ1v) is 14.0. The van der Waals surface area contributed by atoms with Crippen molar-refractivity contribution in [2.45, 2.75) is 62.6 Å². The highest BCUT2D eigenvalue weighted by Gasteiger charge is 2.55. The molecule has 3 heterocycles. The van der Waals surface area contributed by atoms with E-state index in [0.717, 1.165) is 34.5 Å². The third kappa shape index (κ3) is 6.09. The molecule has 1 fully saturated rings. The number of ether oxygens (including phenoxy) is 2. The number of aromatic amines is 1. The molecular weight excluding hydrogens is 594 g/mol. The van der Waals surface area contributed by atoms with E-state index < -0.39 is 66.4 Å². The third-order valence-electron chi connectivity index (χ3n) is 7.88. The van der Waals surface area contributed by atoms with Crippen molar-refractivity contribution in [1.29, 1.82) is 0 Å². The van der Waals surface area contributed by atoms with Crippen LogP contribution < -0.4 is 9.64 Å². The number of phenolic OH excluding ortho intramolecular Hbond substituents is 2. The number of rotatable bonds is 9. The van der Waals surface area contributed by atoms with Gasteiger partial charge in [0.1, 0.15) is 30.1 Å². The monoisotopic (exact) mass is 627 g/mol. The molecule has 5 rings (SSSR count). The number of hydrogen-bond donors (Lipinski definition) is 9. The van der Waals surface area contributed by atoms with Crippen LogP contribution in [0, 0.1) is 0 Å². The van der Waals surface area contributed by atoms with Crippen molar-refractivity contribution in [2.75, 3.05) is 11.5 Å². The lowest BCUT2D eigenvalue weighted by molar-refractivity contribution is -0.422.